The molecule has 1 aromatic carbocycles. The summed E-state index contributed by atoms with van der Waals surface area (Å²) in [6.45, 7) is 4.44. The second-order valence-electron chi connectivity index (χ2n) is 4.53. The van der Waals surface area contributed by atoms with Crippen LogP contribution in [-0.2, 0) is 0 Å². The van der Waals surface area contributed by atoms with E-state index in [1.54, 1.807) is 0 Å². The summed E-state index contributed by atoms with van der Waals surface area (Å²) in [5.74, 6) is 0. The number of rotatable bonds is 5. The van der Waals surface area contributed by atoms with Crippen molar-refractivity contribution >= 4 is 38.8 Å². The first kappa shape index (κ1) is 13.8. The number of benzene rings is 1. The van der Waals surface area contributed by atoms with Crippen molar-refractivity contribution in [2.24, 2.45) is 5.73 Å². The molecule has 2 rings (SSSR count). The number of nitrogens with one attached hydrogen (secondary N) is 1. The Kier molecular flexibility index (Phi) is 4.97. The Hall–Kier alpha value is -0.650. The van der Waals surface area contributed by atoms with Crippen LogP contribution in [0.2, 0.25) is 0 Å². The predicted octanol–water partition coefficient (Wildman–Crippen LogP) is 2.59. The van der Waals surface area contributed by atoms with E-state index in [4.69, 9.17) is 18.0 Å². The lowest BCUT2D eigenvalue weighted by atomic mass is 10.2. The van der Waals surface area contributed by atoms with Crippen LogP contribution in [0.3, 0.4) is 0 Å². The van der Waals surface area contributed by atoms with Gasteiger partial charge in [-0.1, -0.05) is 28.1 Å². The molecule has 0 radical (unpaired) electrons. The van der Waals surface area contributed by atoms with Crippen LogP contribution in [0.5, 0.6) is 0 Å². The van der Waals surface area contributed by atoms with Crippen molar-refractivity contribution < 1.29 is 0 Å². The van der Waals surface area contributed by atoms with Crippen molar-refractivity contribution in [3.8, 4) is 0 Å². The van der Waals surface area contributed by atoms with Crippen LogP contribution in [-0.4, -0.2) is 36.1 Å². The highest BCUT2D eigenvalue weighted by atomic mass is 79.9. The topological polar surface area (TPSA) is 41.3 Å². The Bertz CT molecular complexity index is 430. The van der Waals surface area contributed by atoms with Crippen molar-refractivity contribution in [1.82, 2.24) is 4.90 Å². The van der Waals surface area contributed by atoms with Gasteiger partial charge in [-0.15, -0.1) is 0 Å². The molecule has 5 heteroatoms. The van der Waals surface area contributed by atoms with Gasteiger partial charge in [0, 0.05) is 28.8 Å². The van der Waals surface area contributed by atoms with Crippen molar-refractivity contribution in [1.29, 1.82) is 0 Å². The molecule has 18 heavy (non-hydrogen) atoms. The maximum Gasteiger partial charge on any atom is 0.106 e. The summed E-state index contributed by atoms with van der Waals surface area (Å²) < 4.78 is 1.03. The highest BCUT2D eigenvalue weighted by molar-refractivity contribution is 9.10. The van der Waals surface area contributed by atoms with E-state index in [1.165, 1.54) is 25.9 Å². The molecule has 0 unspecified atom stereocenters. The number of hydrogen-bond donors (Lipinski definition) is 2. The first-order chi connectivity index (χ1) is 8.66. The van der Waals surface area contributed by atoms with Gasteiger partial charge in [0.05, 0.1) is 0 Å². The predicted molar refractivity (Wildman–Crippen MR) is 84.2 cm³/mol. The van der Waals surface area contributed by atoms with E-state index in [2.05, 4.69) is 26.1 Å². The van der Waals surface area contributed by atoms with E-state index in [9.17, 15) is 0 Å². The summed E-state index contributed by atoms with van der Waals surface area (Å²) in [6.07, 6.45) is 2.66. The van der Waals surface area contributed by atoms with Gasteiger partial charge in [0.25, 0.3) is 0 Å². The van der Waals surface area contributed by atoms with E-state index < -0.39 is 0 Å². The van der Waals surface area contributed by atoms with Gasteiger partial charge in [-0.3, -0.25) is 0 Å². The summed E-state index contributed by atoms with van der Waals surface area (Å²) in [4.78, 5) is 2.91. The molecule has 1 aromatic rings. The van der Waals surface area contributed by atoms with Crippen molar-refractivity contribution in [2.45, 2.75) is 12.8 Å². The zero-order chi connectivity index (χ0) is 13.0. The second-order valence-corrected chi connectivity index (χ2v) is 5.89. The van der Waals surface area contributed by atoms with Gasteiger partial charge in [0.2, 0.25) is 0 Å². The molecular weight excluding hydrogens is 310 g/mol. The molecule has 1 heterocycles. The van der Waals surface area contributed by atoms with E-state index >= 15 is 0 Å². The molecule has 3 N–H and O–H groups in total. The molecular formula is C13H18BrN3S. The number of nitrogens with two attached hydrogens (primary N) is 1. The summed E-state index contributed by atoms with van der Waals surface area (Å²) in [6, 6.07) is 5.93. The molecule has 0 bridgehead atoms. The van der Waals surface area contributed by atoms with Crippen molar-refractivity contribution in [3.05, 3.63) is 28.2 Å². The fraction of sp³-hybridized carbons (Fsp3) is 0.462. The van der Waals surface area contributed by atoms with Gasteiger partial charge < -0.3 is 16.0 Å². The van der Waals surface area contributed by atoms with E-state index in [0.717, 1.165) is 28.8 Å². The summed E-state index contributed by atoms with van der Waals surface area (Å²) in [5, 5.41) is 3.42. The fourth-order valence-electron chi connectivity index (χ4n) is 2.23. The maximum atomic E-state index is 5.72. The van der Waals surface area contributed by atoms with Gasteiger partial charge in [0.15, 0.2) is 0 Å². The van der Waals surface area contributed by atoms with Gasteiger partial charge >= 0.3 is 0 Å². The number of halogens is 1. The SMILES string of the molecule is NC(=S)c1ccc(Br)cc1NCCN1CCCC1. The van der Waals surface area contributed by atoms with E-state index in [0.29, 0.717) is 4.99 Å². The minimum absolute atomic E-state index is 0.436. The lowest BCUT2D eigenvalue weighted by Crippen LogP contribution is -2.26. The van der Waals surface area contributed by atoms with Gasteiger partial charge in [-0.2, -0.15) is 0 Å². The highest BCUT2D eigenvalue weighted by Crippen LogP contribution is 2.21. The lowest BCUT2D eigenvalue weighted by molar-refractivity contribution is 0.352. The van der Waals surface area contributed by atoms with Gasteiger partial charge in [-0.05, 0) is 44.1 Å². The number of likely N-dealkylation sites (tertiary alicyclic amines) is 1. The van der Waals surface area contributed by atoms with E-state index in [1.807, 2.05) is 18.2 Å². The third-order valence-electron chi connectivity index (χ3n) is 3.19. The molecule has 0 aromatic heterocycles. The Morgan fingerprint density at radius 1 is 1.39 bits per heavy atom. The normalized spacial score (nSPS) is 15.8. The monoisotopic (exact) mass is 327 g/mol. The summed E-state index contributed by atoms with van der Waals surface area (Å²) in [7, 11) is 0. The third kappa shape index (κ3) is 3.67. The second kappa shape index (κ2) is 6.50. The Balaban J connectivity index is 1.94. The van der Waals surface area contributed by atoms with Crippen LogP contribution in [0, 0.1) is 0 Å². The summed E-state index contributed by atoms with van der Waals surface area (Å²) in [5.41, 5.74) is 7.65. The van der Waals surface area contributed by atoms with Gasteiger partial charge in [0.1, 0.15) is 4.99 Å². The van der Waals surface area contributed by atoms with Gasteiger partial charge in [-0.25, -0.2) is 0 Å². The lowest BCUT2D eigenvalue weighted by Gasteiger charge is -2.17. The zero-order valence-electron chi connectivity index (χ0n) is 10.3. The van der Waals surface area contributed by atoms with Crippen LogP contribution in [0.1, 0.15) is 18.4 Å². The summed E-state index contributed by atoms with van der Waals surface area (Å²) >= 11 is 8.53. The molecule has 3 nitrogen and oxygen atoms in total. The first-order valence-corrected chi connectivity index (χ1v) is 7.42. The third-order valence-corrected chi connectivity index (χ3v) is 3.90. The minimum Gasteiger partial charge on any atom is -0.389 e. The standard InChI is InChI=1S/C13H18BrN3S/c14-10-3-4-11(13(15)18)12(9-10)16-5-8-17-6-1-2-7-17/h3-4,9,16H,1-2,5-8H2,(H2,15,18). The van der Waals surface area contributed by atoms with Crippen LogP contribution < -0.4 is 11.1 Å². The molecule has 0 spiro atoms. The molecule has 98 valence electrons. The van der Waals surface area contributed by atoms with E-state index in [-0.39, 0.29) is 0 Å². The van der Waals surface area contributed by atoms with Crippen molar-refractivity contribution in [2.75, 3.05) is 31.5 Å². The molecule has 1 aliphatic heterocycles. The van der Waals surface area contributed by atoms with Crippen LogP contribution in [0.25, 0.3) is 0 Å². The Labute approximate surface area is 122 Å². The number of thiocarbonyl (C=S) groups is 1. The smallest absolute Gasteiger partial charge is 0.106 e. The molecule has 0 amide bonds. The minimum atomic E-state index is 0.436. The number of nitrogens with zero attached hydrogens (tertiary/aromatic N) is 1. The maximum absolute atomic E-state index is 5.72. The quantitative estimate of drug-likeness (QED) is 0.816. The largest absolute Gasteiger partial charge is 0.389 e. The Morgan fingerprint density at radius 3 is 2.78 bits per heavy atom. The van der Waals surface area contributed by atoms with Crippen LogP contribution >= 0.6 is 28.1 Å². The molecule has 1 fully saturated rings. The highest BCUT2D eigenvalue weighted by Gasteiger charge is 2.11. The van der Waals surface area contributed by atoms with Crippen LogP contribution in [0.4, 0.5) is 5.69 Å². The molecule has 0 saturated carbocycles. The molecule has 1 aliphatic rings. The molecule has 1 saturated heterocycles. The number of hydrogen-bond acceptors (Lipinski definition) is 3. The Morgan fingerprint density at radius 2 is 2.11 bits per heavy atom. The molecule has 0 atom stereocenters. The average molecular weight is 328 g/mol. The number of anilines is 1. The zero-order valence-corrected chi connectivity index (χ0v) is 12.7. The molecule has 0 aliphatic carbocycles. The van der Waals surface area contributed by atoms with Crippen molar-refractivity contribution in [3.63, 3.8) is 0 Å². The average Bonchev–Trinajstić information content (AvgIpc) is 2.82. The first-order valence-electron chi connectivity index (χ1n) is 6.22. The fourth-order valence-corrected chi connectivity index (χ4v) is 2.77. The van der Waals surface area contributed by atoms with Crippen LogP contribution in [0.15, 0.2) is 22.7 Å².